The molecule has 170 valence electrons. The van der Waals surface area contributed by atoms with Crippen LogP contribution in [0.15, 0.2) is 53.1 Å². The van der Waals surface area contributed by atoms with Crippen LogP contribution in [-0.4, -0.2) is 53.8 Å². The molecular formula is C25H26N4O4. The van der Waals surface area contributed by atoms with Crippen LogP contribution in [0.1, 0.15) is 42.1 Å². The molecule has 0 bridgehead atoms. The summed E-state index contributed by atoms with van der Waals surface area (Å²) in [5.41, 5.74) is 7.24. The third-order valence-corrected chi connectivity index (χ3v) is 6.19. The number of benzene rings is 2. The van der Waals surface area contributed by atoms with E-state index in [-0.39, 0.29) is 18.9 Å². The van der Waals surface area contributed by atoms with E-state index in [0.717, 1.165) is 48.3 Å². The fourth-order valence-corrected chi connectivity index (χ4v) is 4.52. The summed E-state index contributed by atoms with van der Waals surface area (Å²) in [6.07, 6.45) is 3.17. The highest BCUT2D eigenvalue weighted by Crippen LogP contribution is 2.35. The number of nitrogens with zero attached hydrogens (tertiary/aromatic N) is 3. The Hall–Kier alpha value is -3.65. The summed E-state index contributed by atoms with van der Waals surface area (Å²) in [6, 6.07) is 13.4. The predicted octanol–water partition coefficient (Wildman–Crippen LogP) is 2.94. The van der Waals surface area contributed by atoms with Crippen molar-refractivity contribution in [2.45, 2.75) is 32.5 Å². The van der Waals surface area contributed by atoms with Crippen molar-refractivity contribution < 1.29 is 19.4 Å². The van der Waals surface area contributed by atoms with Gasteiger partial charge in [0.05, 0.1) is 12.3 Å². The number of esters is 1. The van der Waals surface area contributed by atoms with Gasteiger partial charge in [-0.3, -0.25) is 15.1 Å². The molecule has 0 spiro atoms. The number of carbonyl (C=O) groups excluding carboxylic acids is 2. The Bertz CT molecular complexity index is 1150. The highest BCUT2D eigenvalue weighted by atomic mass is 16.5. The number of hydrazone groups is 1. The second-order valence-electron chi connectivity index (χ2n) is 8.32. The maximum Gasteiger partial charge on any atom is 0.334 e. The zero-order valence-corrected chi connectivity index (χ0v) is 18.5. The average molecular weight is 447 g/mol. The molecule has 8 nitrogen and oxygen atoms in total. The van der Waals surface area contributed by atoms with Gasteiger partial charge >= 0.3 is 5.97 Å². The van der Waals surface area contributed by atoms with Gasteiger partial charge in [0, 0.05) is 30.6 Å². The van der Waals surface area contributed by atoms with E-state index in [9.17, 15) is 14.7 Å². The van der Waals surface area contributed by atoms with E-state index in [1.807, 2.05) is 47.4 Å². The minimum Gasteiger partial charge on any atom is -0.463 e. The van der Waals surface area contributed by atoms with Crippen LogP contribution in [-0.2, 0) is 9.53 Å². The topological polar surface area (TPSA) is 94.5 Å². The number of amidine groups is 1. The summed E-state index contributed by atoms with van der Waals surface area (Å²) < 4.78 is 5.22. The molecule has 0 aliphatic carbocycles. The maximum absolute atomic E-state index is 12.6. The van der Waals surface area contributed by atoms with Crippen molar-refractivity contribution >= 4 is 29.5 Å². The molecule has 3 heterocycles. The molecule has 3 aliphatic rings. The first-order valence-corrected chi connectivity index (χ1v) is 11.3. The molecular weight excluding hydrogens is 420 g/mol. The van der Waals surface area contributed by atoms with Crippen molar-refractivity contribution in [3.63, 3.8) is 0 Å². The molecule has 0 aromatic heterocycles. The van der Waals surface area contributed by atoms with Gasteiger partial charge in [-0.15, -0.1) is 0 Å². The molecule has 2 aromatic carbocycles. The van der Waals surface area contributed by atoms with E-state index in [1.165, 1.54) is 0 Å². The third kappa shape index (κ3) is 3.98. The smallest absolute Gasteiger partial charge is 0.334 e. The summed E-state index contributed by atoms with van der Waals surface area (Å²) >= 11 is 0. The van der Waals surface area contributed by atoms with Gasteiger partial charge in [-0.25, -0.2) is 4.79 Å². The molecule has 0 radical (unpaired) electrons. The SMILES string of the molecule is CCOC(=O)C1=Cc2cc(-c3ccc(C(=O)N4CCCC4)cc3)ccc2N2C(=NNC2O)C1. The van der Waals surface area contributed by atoms with Crippen LogP contribution in [0.4, 0.5) is 5.69 Å². The lowest BCUT2D eigenvalue weighted by atomic mass is 9.99. The molecule has 1 fully saturated rings. The summed E-state index contributed by atoms with van der Waals surface area (Å²) in [4.78, 5) is 28.7. The lowest BCUT2D eigenvalue weighted by Gasteiger charge is -2.24. The number of carbonyl (C=O) groups is 2. The Morgan fingerprint density at radius 2 is 1.85 bits per heavy atom. The van der Waals surface area contributed by atoms with Crippen LogP contribution in [0.25, 0.3) is 17.2 Å². The second kappa shape index (κ2) is 8.71. The van der Waals surface area contributed by atoms with Gasteiger partial charge in [-0.1, -0.05) is 18.2 Å². The van der Waals surface area contributed by atoms with Gasteiger partial charge < -0.3 is 14.7 Å². The number of rotatable bonds is 4. The summed E-state index contributed by atoms with van der Waals surface area (Å²) in [7, 11) is 0. The summed E-state index contributed by atoms with van der Waals surface area (Å²) in [6.45, 7) is 3.69. The highest BCUT2D eigenvalue weighted by Gasteiger charge is 2.33. The number of aliphatic hydroxyl groups excluding tert-OH is 1. The highest BCUT2D eigenvalue weighted by molar-refractivity contribution is 6.10. The first-order chi connectivity index (χ1) is 16.0. The fraction of sp³-hybridized carbons (Fsp3) is 0.320. The van der Waals surface area contributed by atoms with Crippen molar-refractivity contribution in [1.29, 1.82) is 0 Å². The monoisotopic (exact) mass is 446 g/mol. The molecule has 2 N–H and O–H groups in total. The molecule has 1 saturated heterocycles. The van der Waals surface area contributed by atoms with Crippen molar-refractivity contribution in [2.75, 3.05) is 24.6 Å². The quantitative estimate of drug-likeness (QED) is 0.702. The summed E-state index contributed by atoms with van der Waals surface area (Å²) in [5.74, 6) is 0.230. The second-order valence-corrected chi connectivity index (χ2v) is 8.32. The Morgan fingerprint density at radius 1 is 1.12 bits per heavy atom. The molecule has 5 rings (SSSR count). The number of likely N-dealkylation sites (tertiary alicyclic amines) is 1. The van der Waals surface area contributed by atoms with Gasteiger partial charge in [0.25, 0.3) is 5.91 Å². The van der Waals surface area contributed by atoms with E-state index in [0.29, 0.717) is 17.0 Å². The van der Waals surface area contributed by atoms with E-state index < -0.39 is 12.3 Å². The van der Waals surface area contributed by atoms with E-state index >= 15 is 0 Å². The number of hydrogen-bond donors (Lipinski definition) is 2. The van der Waals surface area contributed by atoms with E-state index in [4.69, 9.17) is 4.74 Å². The molecule has 3 aliphatic heterocycles. The van der Waals surface area contributed by atoms with E-state index in [2.05, 4.69) is 10.5 Å². The first-order valence-electron chi connectivity index (χ1n) is 11.3. The standard InChI is InChI=1S/C25H26N4O4/c1-2-33-24(31)20-14-19-13-18(9-10-21(19)29-22(15-20)26-27-25(29)32)16-5-7-17(8-6-16)23(30)28-11-3-4-12-28/h5-10,13-14,25,27,32H,2-4,11-12,15H2,1H3. The molecule has 33 heavy (non-hydrogen) atoms. The number of aliphatic hydroxyl groups is 1. The number of amides is 1. The molecule has 1 unspecified atom stereocenters. The van der Waals surface area contributed by atoms with Crippen LogP contribution >= 0.6 is 0 Å². The van der Waals surface area contributed by atoms with Gasteiger partial charge in [0.1, 0.15) is 5.84 Å². The van der Waals surface area contributed by atoms with E-state index in [1.54, 1.807) is 17.9 Å². The largest absolute Gasteiger partial charge is 0.463 e. The molecule has 2 aromatic rings. The maximum atomic E-state index is 12.6. The van der Waals surface area contributed by atoms with Crippen LogP contribution in [0, 0.1) is 0 Å². The molecule has 1 atom stereocenters. The van der Waals surface area contributed by atoms with Crippen molar-refractivity contribution in [1.82, 2.24) is 10.3 Å². The van der Waals surface area contributed by atoms with Crippen LogP contribution in [0.2, 0.25) is 0 Å². The van der Waals surface area contributed by atoms with Crippen LogP contribution in [0.5, 0.6) is 0 Å². The van der Waals surface area contributed by atoms with Crippen LogP contribution in [0.3, 0.4) is 0 Å². The number of anilines is 1. The first kappa shape index (κ1) is 21.2. The molecule has 0 saturated carbocycles. The number of ether oxygens (including phenoxy) is 1. The van der Waals surface area contributed by atoms with Gasteiger partial charge in [-0.05, 0) is 66.8 Å². The zero-order chi connectivity index (χ0) is 22.9. The Kier molecular flexibility index (Phi) is 5.60. The Balaban J connectivity index is 1.49. The Labute approximate surface area is 192 Å². The minimum absolute atomic E-state index is 0.0744. The van der Waals surface area contributed by atoms with Crippen molar-refractivity contribution in [3.05, 3.63) is 59.2 Å². The van der Waals surface area contributed by atoms with Gasteiger partial charge in [-0.2, -0.15) is 5.10 Å². The number of nitrogens with one attached hydrogen (secondary N) is 1. The minimum atomic E-state index is -1.00. The number of hydrogen-bond acceptors (Lipinski definition) is 7. The molecule has 8 heteroatoms. The normalized spacial score (nSPS) is 19.2. The lowest BCUT2D eigenvalue weighted by Crippen LogP contribution is -2.40. The average Bonchev–Trinajstić information content (AvgIpc) is 3.45. The Morgan fingerprint density at radius 3 is 2.58 bits per heavy atom. The van der Waals surface area contributed by atoms with Gasteiger partial charge in [0.2, 0.25) is 6.35 Å². The lowest BCUT2D eigenvalue weighted by molar-refractivity contribution is -0.138. The van der Waals surface area contributed by atoms with Gasteiger partial charge in [0.15, 0.2) is 0 Å². The predicted molar refractivity (Wildman–Crippen MR) is 125 cm³/mol. The van der Waals surface area contributed by atoms with Crippen molar-refractivity contribution in [3.8, 4) is 11.1 Å². The molecule has 1 amide bonds. The van der Waals surface area contributed by atoms with Crippen molar-refractivity contribution in [2.24, 2.45) is 5.10 Å². The summed E-state index contributed by atoms with van der Waals surface area (Å²) in [5, 5.41) is 14.6. The zero-order valence-electron chi connectivity index (χ0n) is 18.5. The van der Waals surface area contributed by atoms with Crippen LogP contribution < -0.4 is 10.3 Å². The fourth-order valence-electron chi connectivity index (χ4n) is 4.52. The number of fused-ring (bicyclic) bond motifs is 3. The third-order valence-electron chi connectivity index (χ3n) is 6.19.